The fraction of sp³-hybridized carbons (Fsp3) is 0.857. The van der Waals surface area contributed by atoms with E-state index in [1.807, 2.05) is 6.92 Å². The highest BCUT2D eigenvalue weighted by molar-refractivity contribution is 9.09. The molecule has 0 aromatic carbocycles. The predicted molar refractivity (Wildman–Crippen MR) is 118 cm³/mol. The third-order valence-electron chi connectivity index (χ3n) is 7.43. The van der Waals surface area contributed by atoms with Gasteiger partial charge in [-0.25, -0.2) is 0 Å². The zero-order chi connectivity index (χ0) is 23.0. The van der Waals surface area contributed by atoms with Crippen molar-refractivity contribution in [1.82, 2.24) is 20.4 Å². The minimum absolute atomic E-state index is 0.133. The van der Waals surface area contributed by atoms with Gasteiger partial charge in [-0.1, -0.05) is 22.9 Å². The standard InChI is InChI=1S/C21H33BrN4O6/c1-3-12(11-27)26-17(19(29)24-4-5-25-6-8-31-9-7-25)21-10-13(22)16(32-21)14(18(28)23-2)15(21)20(26)30/h12-17,27H,3-11H2,1-2H3,(H,23,28)(H,24,29)/t12-,13?,14+,15-,16+,17?,21?/m0/s1. The first-order chi connectivity index (χ1) is 15.4. The van der Waals surface area contributed by atoms with Crippen LogP contribution in [0.2, 0.25) is 0 Å². The number of rotatable bonds is 8. The Morgan fingerprint density at radius 1 is 1.31 bits per heavy atom. The monoisotopic (exact) mass is 516 g/mol. The molecule has 3 unspecified atom stereocenters. The molecule has 3 amide bonds. The normalized spacial score (nSPS) is 37.4. The number of alkyl halides is 1. The molecule has 0 aromatic rings. The van der Waals surface area contributed by atoms with Crippen molar-refractivity contribution in [2.24, 2.45) is 11.8 Å². The van der Waals surface area contributed by atoms with Crippen LogP contribution < -0.4 is 10.6 Å². The number of carbonyl (C=O) groups excluding carboxylic acids is 3. The van der Waals surface area contributed by atoms with Crippen LogP contribution in [0.5, 0.6) is 0 Å². The number of hydrogen-bond donors (Lipinski definition) is 3. The van der Waals surface area contributed by atoms with Crippen molar-refractivity contribution in [2.45, 2.75) is 48.4 Å². The second-order valence-electron chi connectivity index (χ2n) is 9.01. The van der Waals surface area contributed by atoms with Gasteiger partial charge >= 0.3 is 0 Å². The van der Waals surface area contributed by atoms with Gasteiger partial charge in [0, 0.05) is 38.1 Å². The Hall–Kier alpha value is -1.27. The van der Waals surface area contributed by atoms with Gasteiger partial charge in [0.15, 0.2) is 0 Å². The first kappa shape index (κ1) is 23.9. The van der Waals surface area contributed by atoms with Gasteiger partial charge in [-0.3, -0.25) is 19.3 Å². The molecule has 4 aliphatic rings. The molecule has 4 heterocycles. The summed E-state index contributed by atoms with van der Waals surface area (Å²) in [7, 11) is 1.54. The van der Waals surface area contributed by atoms with E-state index in [0.717, 1.165) is 13.1 Å². The number of likely N-dealkylation sites (tertiary alicyclic amines) is 1. The third-order valence-corrected chi connectivity index (χ3v) is 8.28. The van der Waals surface area contributed by atoms with Crippen LogP contribution in [0.25, 0.3) is 0 Å². The molecule has 32 heavy (non-hydrogen) atoms. The Kier molecular flexibility index (Phi) is 7.11. The van der Waals surface area contributed by atoms with Gasteiger partial charge in [0.25, 0.3) is 0 Å². The number of aliphatic hydroxyl groups is 1. The number of ether oxygens (including phenoxy) is 2. The van der Waals surface area contributed by atoms with Crippen LogP contribution in [-0.4, -0.2) is 114 Å². The van der Waals surface area contributed by atoms with Crippen molar-refractivity contribution >= 4 is 33.7 Å². The molecule has 4 rings (SSSR count). The van der Waals surface area contributed by atoms with Gasteiger partial charge in [-0.15, -0.1) is 0 Å². The quantitative estimate of drug-likeness (QED) is 0.343. The topological polar surface area (TPSA) is 120 Å². The molecule has 4 saturated heterocycles. The van der Waals surface area contributed by atoms with Gasteiger partial charge in [-0.05, 0) is 12.8 Å². The van der Waals surface area contributed by atoms with E-state index in [2.05, 4.69) is 31.5 Å². The molecule has 4 aliphatic heterocycles. The summed E-state index contributed by atoms with van der Waals surface area (Å²) >= 11 is 3.62. The van der Waals surface area contributed by atoms with Crippen molar-refractivity contribution < 1.29 is 29.0 Å². The maximum Gasteiger partial charge on any atom is 0.245 e. The van der Waals surface area contributed by atoms with E-state index in [1.165, 1.54) is 4.90 Å². The molecule has 10 nitrogen and oxygen atoms in total. The van der Waals surface area contributed by atoms with Crippen molar-refractivity contribution in [1.29, 1.82) is 0 Å². The zero-order valence-corrected chi connectivity index (χ0v) is 20.2. The highest BCUT2D eigenvalue weighted by atomic mass is 79.9. The fourth-order valence-corrected chi connectivity index (χ4v) is 6.84. The second-order valence-corrected chi connectivity index (χ2v) is 10.2. The molecule has 0 aromatic heterocycles. The lowest BCUT2D eigenvalue weighted by atomic mass is 9.70. The Bertz CT molecular complexity index is 746. The largest absolute Gasteiger partial charge is 0.394 e. The molecule has 11 heteroatoms. The third kappa shape index (κ3) is 3.75. The van der Waals surface area contributed by atoms with Gasteiger partial charge in [0.1, 0.15) is 11.6 Å². The number of aliphatic hydroxyl groups excluding tert-OH is 1. The molecule has 2 bridgehead atoms. The number of fused-ring (bicyclic) bond motifs is 1. The Morgan fingerprint density at radius 2 is 2.03 bits per heavy atom. The number of halogens is 1. The Balaban J connectivity index is 1.59. The van der Waals surface area contributed by atoms with Crippen LogP contribution in [0.4, 0.5) is 0 Å². The smallest absolute Gasteiger partial charge is 0.245 e. The molecule has 3 N–H and O–H groups in total. The van der Waals surface area contributed by atoms with E-state index in [1.54, 1.807) is 7.05 Å². The minimum Gasteiger partial charge on any atom is -0.394 e. The van der Waals surface area contributed by atoms with Gasteiger partial charge in [0.05, 0.1) is 43.8 Å². The minimum atomic E-state index is -1.08. The molecule has 0 radical (unpaired) electrons. The molecule has 180 valence electrons. The lowest BCUT2D eigenvalue weighted by Gasteiger charge is -2.36. The molecule has 0 saturated carbocycles. The lowest BCUT2D eigenvalue weighted by Crippen LogP contribution is -2.58. The number of morpholine rings is 1. The highest BCUT2D eigenvalue weighted by Crippen LogP contribution is 2.60. The van der Waals surface area contributed by atoms with Gasteiger partial charge in [-0.2, -0.15) is 0 Å². The van der Waals surface area contributed by atoms with Crippen LogP contribution in [0.3, 0.4) is 0 Å². The SMILES string of the molecule is CC[C@@H](CO)N1C(=O)[C@@H]2[C@@H](C(=O)NC)[C@@H]3OC2(CC3Br)C1C(=O)NCCN1CCOCC1. The summed E-state index contributed by atoms with van der Waals surface area (Å²) in [6.07, 6.45) is 0.486. The van der Waals surface area contributed by atoms with E-state index in [0.29, 0.717) is 39.1 Å². The number of amides is 3. The summed E-state index contributed by atoms with van der Waals surface area (Å²) in [5, 5.41) is 15.6. The number of nitrogens with zero attached hydrogens (tertiary/aromatic N) is 2. The summed E-state index contributed by atoms with van der Waals surface area (Å²) in [5.41, 5.74) is -1.08. The highest BCUT2D eigenvalue weighted by Gasteiger charge is 2.76. The molecular weight excluding hydrogens is 484 g/mol. The van der Waals surface area contributed by atoms with E-state index >= 15 is 0 Å². The van der Waals surface area contributed by atoms with Crippen LogP contribution in [0, 0.1) is 11.8 Å². The fourth-order valence-electron chi connectivity index (χ4n) is 5.90. The summed E-state index contributed by atoms with van der Waals surface area (Å²) in [4.78, 5) is 43.5. The Labute approximate surface area is 196 Å². The Morgan fingerprint density at radius 3 is 2.66 bits per heavy atom. The summed E-state index contributed by atoms with van der Waals surface area (Å²) < 4.78 is 11.7. The summed E-state index contributed by atoms with van der Waals surface area (Å²) in [6.45, 7) is 5.75. The van der Waals surface area contributed by atoms with E-state index in [-0.39, 0.29) is 29.2 Å². The van der Waals surface area contributed by atoms with E-state index in [9.17, 15) is 19.5 Å². The molecule has 0 aliphatic carbocycles. The number of hydrogen-bond acceptors (Lipinski definition) is 7. The summed E-state index contributed by atoms with van der Waals surface area (Å²) in [6, 6.07) is -1.40. The van der Waals surface area contributed by atoms with Gasteiger partial charge in [0.2, 0.25) is 17.7 Å². The lowest BCUT2D eigenvalue weighted by molar-refractivity contribution is -0.145. The maximum atomic E-state index is 13.6. The summed E-state index contributed by atoms with van der Waals surface area (Å²) in [5.74, 6) is -2.24. The molecule has 4 fully saturated rings. The first-order valence-corrected chi connectivity index (χ1v) is 12.4. The average molecular weight is 517 g/mol. The molecule has 1 spiro atoms. The zero-order valence-electron chi connectivity index (χ0n) is 18.6. The van der Waals surface area contributed by atoms with Crippen LogP contribution in [-0.2, 0) is 23.9 Å². The number of nitrogens with one attached hydrogen (secondary N) is 2. The van der Waals surface area contributed by atoms with Crippen molar-refractivity contribution in [2.75, 3.05) is 53.0 Å². The number of carbonyl (C=O) groups is 3. The van der Waals surface area contributed by atoms with E-state index in [4.69, 9.17) is 9.47 Å². The van der Waals surface area contributed by atoms with Crippen molar-refractivity contribution in [3.63, 3.8) is 0 Å². The van der Waals surface area contributed by atoms with E-state index < -0.39 is 35.6 Å². The van der Waals surface area contributed by atoms with Crippen LogP contribution in [0.15, 0.2) is 0 Å². The van der Waals surface area contributed by atoms with Crippen LogP contribution >= 0.6 is 15.9 Å². The van der Waals surface area contributed by atoms with Crippen LogP contribution in [0.1, 0.15) is 19.8 Å². The second kappa shape index (κ2) is 9.54. The molecule has 7 atom stereocenters. The van der Waals surface area contributed by atoms with Gasteiger partial charge < -0.3 is 30.1 Å². The average Bonchev–Trinajstić information content (AvgIpc) is 3.39. The van der Waals surface area contributed by atoms with Crippen molar-refractivity contribution in [3.05, 3.63) is 0 Å². The first-order valence-electron chi connectivity index (χ1n) is 11.4. The predicted octanol–water partition coefficient (Wildman–Crippen LogP) is -1.30. The molecular formula is C21H33BrN4O6. The maximum absolute atomic E-state index is 13.6. The van der Waals surface area contributed by atoms with Crippen molar-refractivity contribution in [3.8, 4) is 0 Å².